The molecule has 4 rings (SSSR count). The van der Waals surface area contributed by atoms with Crippen LogP contribution in [0, 0.1) is 0 Å². The molecule has 27 heavy (non-hydrogen) atoms. The molecule has 0 radical (unpaired) electrons. The maximum absolute atomic E-state index is 12.5. The van der Waals surface area contributed by atoms with Gasteiger partial charge in [0.15, 0.2) is 0 Å². The first kappa shape index (κ1) is 17.5. The number of carbonyl (C=O) groups excluding carboxylic acids is 3. The fourth-order valence-electron chi connectivity index (χ4n) is 4.15. The number of rotatable bonds is 5. The lowest BCUT2D eigenvalue weighted by molar-refractivity contribution is -0.136. The molecule has 2 aliphatic rings. The van der Waals surface area contributed by atoms with Gasteiger partial charge in [-0.1, -0.05) is 48.5 Å². The van der Waals surface area contributed by atoms with Crippen LogP contribution < -0.4 is 5.32 Å². The number of nitrogens with one attached hydrogen (secondary N) is 1. The normalized spacial score (nSPS) is 18.1. The molecule has 1 aliphatic carbocycles. The van der Waals surface area contributed by atoms with E-state index in [-0.39, 0.29) is 36.7 Å². The molecule has 1 N–H and O–H groups in total. The lowest BCUT2D eigenvalue weighted by Gasteiger charge is -2.21. The topological polar surface area (TPSA) is 66.5 Å². The highest BCUT2D eigenvalue weighted by Gasteiger charge is 2.30. The summed E-state index contributed by atoms with van der Waals surface area (Å²) in [5.74, 6) is -0.270. The van der Waals surface area contributed by atoms with Crippen LogP contribution in [-0.4, -0.2) is 35.6 Å². The summed E-state index contributed by atoms with van der Waals surface area (Å²) in [4.78, 5) is 37.5. The molecule has 0 aromatic heterocycles. The van der Waals surface area contributed by atoms with Crippen LogP contribution in [0.1, 0.15) is 42.9 Å². The Hall–Kier alpha value is -2.95. The number of hydrogen-bond acceptors (Lipinski definition) is 3. The van der Waals surface area contributed by atoms with E-state index < -0.39 is 0 Å². The number of aldehydes is 1. The minimum Gasteiger partial charge on any atom is -0.345 e. The van der Waals surface area contributed by atoms with Gasteiger partial charge in [-0.2, -0.15) is 0 Å². The Morgan fingerprint density at radius 3 is 2.26 bits per heavy atom. The van der Waals surface area contributed by atoms with Crippen molar-refractivity contribution in [2.45, 2.75) is 37.8 Å². The highest BCUT2D eigenvalue weighted by atomic mass is 16.2. The zero-order valence-corrected chi connectivity index (χ0v) is 15.1. The zero-order chi connectivity index (χ0) is 18.8. The Balaban J connectivity index is 1.43. The van der Waals surface area contributed by atoms with Gasteiger partial charge in [-0.15, -0.1) is 0 Å². The molecule has 1 aliphatic heterocycles. The largest absolute Gasteiger partial charge is 0.345 e. The Morgan fingerprint density at radius 1 is 1.00 bits per heavy atom. The van der Waals surface area contributed by atoms with Gasteiger partial charge in [0.1, 0.15) is 6.29 Å². The van der Waals surface area contributed by atoms with Crippen molar-refractivity contribution in [3.63, 3.8) is 0 Å². The highest BCUT2D eigenvalue weighted by Crippen LogP contribution is 2.43. The quantitative estimate of drug-likeness (QED) is 0.832. The van der Waals surface area contributed by atoms with Gasteiger partial charge in [0, 0.05) is 19.4 Å². The molecular formula is C22H22N2O3. The molecule has 2 amide bonds. The van der Waals surface area contributed by atoms with Crippen molar-refractivity contribution in [3.05, 3.63) is 59.7 Å². The van der Waals surface area contributed by atoms with Crippen molar-refractivity contribution in [2.24, 2.45) is 0 Å². The molecule has 2 aromatic rings. The predicted molar refractivity (Wildman–Crippen MR) is 102 cm³/mol. The number of nitrogens with zero attached hydrogens (tertiary/aromatic N) is 1. The van der Waals surface area contributed by atoms with Gasteiger partial charge in [0.25, 0.3) is 0 Å². The Morgan fingerprint density at radius 2 is 1.63 bits per heavy atom. The fourth-order valence-corrected chi connectivity index (χ4v) is 4.15. The van der Waals surface area contributed by atoms with Crippen molar-refractivity contribution < 1.29 is 14.4 Å². The van der Waals surface area contributed by atoms with Crippen LogP contribution in [0.2, 0.25) is 0 Å². The first-order chi connectivity index (χ1) is 13.2. The average molecular weight is 362 g/mol. The van der Waals surface area contributed by atoms with E-state index in [1.54, 1.807) is 4.90 Å². The first-order valence-corrected chi connectivity index (χ1v) is 9.41. The van der Waals surface area contributed by atoms with E-state index in [1.807, 2.05) is 36.4 Å². The Kier molecular flexibility index (Phi) is 4.75. The predicted octanol–water partition coefficient (Wildman–Crippen LogP) is 2.84. The molecule has 1 fully saturated rings. The summed E-state index contributed by atoms with van der Waals surface area (Å²) < 4.78 is 0. The van der Waals surface area contributed by atoms with Crippen molar-refractivity contribution in [3.8, 4) is 11.1 Å². The van der Waals surface area contributed by atoms with Crippen molar-refractivity contribution in [1.29, 1.82) is 0 Å². The summed E-state index contributed by atoms with van der Waals surface area (Å²) in [5, 5.41) is 3.08. The van der Waals surface area contributed by atoms with Crippen LogP contribution >= 0.6 is 0 Å². The van der Waals surface area contributed by atoms with E-state index in [9.17, 15) is 14.4 Å². The standard InChI is InChI=1S/C22H22N2O3/c25-14-15-6-5-13-24(15)21(27)12-11-20(26)23-22-18-9-3-1-7-16(18)17-8-2-4-10-19(17)22/h1-4,7-10,14-15,22H,5-6,11-13H2,(H,23,26)/t15-/m0/s1. The van der Waals surface area contributed by atoms with Crippen molar-refractivity contribution in [2.75, 3.05) is 6.54 Å². The third kappa shape index (κ3) is 3.25. The van der Waals surface area contributed by atoms with Crippen LogP contribution in [0.3, 0.4) is 0 Å². The summed E-state index contributed by atoms with van der Waals surface area (Å²) in [6.45, 7) is 0.604. The summed E-state index contributed by atoms with van der Waals surface area (Å²) in [6.07, 6.45) is 2.65. The third-order valence-electron chi connectivity index (χ3n) is 5.48. The van der Waals surface area contributed by atoms with Gasteiger partial charge in [-0.3, -0.25) is 9.59 Å². The van der Waals surface area contributed by atoms with E-state index in [1.165, 1.54) is 0 Å². The van der Waals surface area contributed by atoms with E-state index in [4.69, 9.17) is 0 Å². The molecule has 1 saturated heterocycles. The summed E-state index contributed by atoms with van der Waals surface area (Å²) in [7, 11) is 0. The van der Waals surface area contributed by atoms with Crippen LogP contribution in [0.15, 0.2) is 48.5 Å². The Labute approximate surface area is 158 Å². The second kappa shape index (κ2) is 7.35. The highest BCUT2D eigenvalue weighted by molar-refractivity contribution is 5.87. The van der Waals surface area contributed by atoms with Gasteiger partial charge in [-0.25, -0.2) is 0 Å². The molecule has 5 heteroatoms. The molecule has 138 valence electrons. The first-order valence-electron chi connectivity index (χ1n) is 9.41. The number of carbonyl (C=O) groups is 3. The molecule has 0 spiro atoms. The number of amides is 2. The lowest BCUT2D eigenvalue weighted by atomic mass is 10.1. The molecule has 1 heterocycles. The smallest absolute Gasteiger partial charge is 0.223 e. The SMILES string of the molecule is O=C[C@@H]1CCCN1C(=O)CCC(=O)NC1c2ccccc2-c2ccccc21. The van der Waals surface area contributed by atoms with Crippen LogP contribution in [0.25, 0.3) is 11.1 Å². The van der Waals surface area contributed by atoms with Crippen LogP contribution in [0.4, 0.5) is 0 Å². The third-order valence-corrected chi connectivity index (χ3v) is 5.48. The monoisotopic (exact) mass is 362 g/mol. The fraction of sp³-hybridized carbons (Fsp3) is 0.318. The maximum atomic E-state index is 12.5. The van der Waals surface area contributed by atoms with Gasteiger partial charge < -0.3 is 15.0 Å². The lowest BCUT2D eigenvalue weighted by Crippen LogP contribution is -2.37. The van der Waals surface area contributed by atoms with Gasteiger partial charge in [-0.05, 0) is 35.1 Å². The number of benzene rings is 2. The van der Waals surface area contributed by atoms with Crippen LogP contribution in [0.5, 0.6) is 0 Å². The van der Waals surface area contributed by atoms with Gasteiger partial charge in [0.2, 0.25) is 11.8 Å². The molecule has 0 saturated carbocycles. The minimum absolute atomic E-state index is 0.119. The van der Waals surface area contributed by atoms with E-state index in [0.717, 1.165) is 41.4 Å². The Bertz CT molecular complexity index is 847. The number of likely N-dealkylation sites (tertiary alicyclic amines) is 1. The minimum atomic E-state index is -0.325. The second-order valence-corrected chi connectivity index (χ2v) is 7.11. The number of hydrogen-bond donors (Lipinski definition) is 1. The molecule has 0 bridgehead atoms. The molecule has 1 atom stereocenters. The number of fused-ring (bicyclic) bond motifs is 3. The van der Waals surface area contributed by atoms with E-state index in [2.05, 4.69) is 17.4 Å². The molecular weight excluding hydrogens is 340 g/mol. The van der Waals surface area contributed by atoms with E-state index in [0.29, 0.717) is 6.54 Å². The summed E-state index contributed by atoms with van der Waals surface area (Å²) in [5.41, 5.74) is 4.44. The van der Waals surface area contributed by atoms with Gasteiger partial charge >= 0.3 is 0 Å². The molecule has 0 unspecified atom stereocenters. The maximum Gasteiger partial charge on any atom is 0.223 e. The van der Waals surface area contributed by atoms with Crippen LogP contribution in [-0.2, 0) is 14.4 Å². The summed E-state index contributed by atoms with van der Waals surface area (Å²) in [6, 6.07) is 15.6. The average Bonchev–Trinajstić information content (AvgIpc) is 3.30. The van der Waals surface area contributed by atoms with Crippen molar-refractivity contribution >= 4 is 18.1 Å². The molecule has 2 aromatic carbocycles. The summed E-state index contributed by atoms with van der Waals surface area (Å²) >= 11 is 0. The second-order valence-electron chi connectivity index (χ2n) is 7.11. The van der Waals surface area contributed by atoms with E-state index >= 15 is 0 Å². The van der Waals surface area contributed by atoms with Crippen molar-refractivity contribution in [1.82, 2.24) is 10.2 Å². The van der Waals surface area contributed by atoms with Gasteiger partial charge in [0.05, 0.1) is 12.1 Å². The molecule has 5 nitrogen and oxygen atoms in total. The zero-order valence-electron chi connectivity index (χ0n) is 15.1.